The fourth-order valence-corrected chi connectivity index (χ4v) is 2.12. The molecule has 0 spiro atoms. The zero-order chi connectivity index (χ0) is 10.3. The van der Waals surface area contributed by atoms with E-state index in [2.05, 4.69) is 15.0 Å². The van der Waals surface area contributed by atoms with E-state index in [1.807, 2.05) is 6.07 Å². The summed E-state index contributed by atoms with van der Waals surface area (Å²) >= 11 is 0. The number of H-pyrrole nitrogens is 1. The quantitative estimate of drug-likeness (QED) is 0.696. The van der Waals surface area contributed by atoms with Crippen molar-refractivity contribution in [2.24, 2.45) is 0 Å². The van der Waals surface area contributed by atoms with Crippen molar-refractivity contribution in [3.05, 3.63) is 34.0 Å². The average Bonchev–Trinajstić information content (AvgIpc) is 2.27. The Kier molecular flexibility index (Phi) is 1.80. The standard InChI is InChI=1S/C11H11N3O/c15-11-8-5-7-3-1-2-4-9(7)14-10(8)12-6-13-11/h5-6H,1-4H2,(H,12,13,14,15). The first-order chi connectivity index (χ1) is 7.34. The molecule has 0 saturated carbocycles. The number of hydrogen-bond acceptors (Lipinski definition) is 3. The number of aromatic nitrogens is 3. The van der Waals surface area contributed by atoms with Crippen molar-refractivity contribution >= 4 is 11.0 Å². The van der Waals surface area contributed by atoms with Gasteiger partial charge >= 0.3 is 0 Å². The van der Waals surface area contributed by atoms with Gasteiger partial charge in [-0.1, -0.05) is 0 Å². The van der Waals surface area contributed by atoms with Crippen molar-refractivity contribution in [3.63, 3.8) is 0 Å². The third-order valence-electron chi connectivity index (χ3n) is 2.91. The van der Waals surface area contributed by atoms with E-state index in [0.29, 0.717) is 11.0 Å². The fourth-order valence-electron chi connectivity index (χ4n) is 2.12. The van der Waals surface area contributed by atoms with Crippen LogP contribution in [0, 0.1) is 0 Å². The van der Waals surface area contributed by atoms with E-state index in [4.69, 9.17) is 0 Å². The van der Waals surface area contributed by atoms with E-state index < -0.39 is 0 Å². The van der Waals surface area contributed by atoms with E-state index in [9.17, 15) is 4.79 Å². The molecule has 0 amide bonds. The Bertz CT molecular complexity index is 574. The molecule has 4 heteroatoms. The van der Waals surface area contributed by atoms with Crippen molar-refractivity contribution in [3.8, 4) is 0 Å². The van der Waals surface area contributed by atoms with Crippen molar-refractivity contribution in [2.75, 3.05) is 0 Å². The van der Waals surface area contributed by atoms with E-state index in [-0.39, 0.29) is 5.56 Å². The van der Waals surface area contributed by atoms with E-state index in [1.165, 1.54) is 24.7 Å². The van der Waals surface area contributed by atoms with Crippen molar-refractivity contribution in [1.29, 1.82) is 0 Å². The molecule has 0 aromatic carbocycles. The van der Waals surface area contributed by atoms with Crippen LogP contribution in [0.3, 0.4) is 0 Å². The second-order valence-electron chi connectivity index (χ2n) is 3.90. The summed E-state index contributed by atoms with van der Waals surface area (Å²) in [6, 6.07) is 1.95. The molecular weight excluding hydrogens is 190 g/mol. The highest BCUT2D eigenvalue weighted by atomic mass is 16.1. The minimum absolute atomic E-state index is 0.0964. The zero-order valence-electron chi connectivity index (χ0n) is 8.29. The van der Waals surface area contributed by atoms with Gasteiger partial charge in [-0.15, -0.1) is 0 Å². The number of hydrogen-bond donors (Lipinski definition) is 1. The van der Waals surface area contributed by atoms with Gasteiger partial charge in [0.25, 0.3) is 5.56 Å². The van der Waals surface area contributed by atoms with E-state index in [1.54, 1.807) is 0 Å². The van der Waals surface area contributed by atoms with E-state index >= 15 is 0 Å². The summed E-state index contributed by atoms with van der Waals surface area (Å²) < 4.78 is 0. The molecule has 15 heavy (non-hydrogen) atoms. The number of rotatable bonds is 0. The van der Waals surface area contributed by atoms with Crippen molar-refractivity contribution in [1.82, 2.24) is 15.0 Å². The van der Waals surface area contributed by atoms with Gasteiger partial charge in [0.05, 0.1) is 11.7 Å². The van der Waals surface area contributed by atoms with Gasteiger partial charge in [0.1, 0.15) is 0 Å². The monoisotopic (exact) mass is 201 g/mol. The summed E-state index contributed by atoms with van der Waals surface area (Å²) in [4.78, 5) is 22.6. The molecule has 0 unspecified atom stereocenters. The third kappa shape index (κ3) is 1.33. The first kappa shape index (κ1) is 8.59. The maximum atomic E-state index is 11.5. The molecule has 0 fully saturated rings. The molecule has 1 aliphatic rings. The van der Waals surface area contributed by atoms with E-state index in [0.717, 1.165) is 18.5 Å². The number of pyridine rings is 1. The number of nitrogens with one attached hydrogen (secondary N) is 1. The highest BCUT2D eigenvalue weighted by molar-refractivity contribution is 5.74. The SMILES string of the molecule is O=c1[nH]cnc2nc3c(cc12)CCCC3. The molecule has 3 rings (SSSR count). The Balaban J connectivity index is 2.36. The minimum Gasteiger partial charge on any atom is -0.313 e. The Hall–Kier alpha value is -1.71. The molecule has 0 atom stereocenters. The summed E-state index contributed by atoms with van der Waals surface area (Å²) in [5.41, 5.74) is 2.80. The van der Waals surface area contributed by atoms with Crippen LogP contribution in [0.15, 0.2) is 17.2 Å². The Morgan fingerprint density at radius 2 is 2.13 bits per heavy atom. The lowest BCUT2D eigenvalue weighted by Crippen LogP contribution is -2.12. The smallest absolute Gasteiger partial charge is 0.260 e. The molecule has 4 nitrogen and oxygen atoms in total. The van der Waals surface area contributed by atoms with Crippen LogP contribution in [0.4, 0.5) is 0 Å². The van der Waals surface area contributed by atoms with Crippen LogP contribution < -0.4 is 5.56 Å². The first-order valence-corrected chi connectivity index (χ1v) is 5.21. The van der Waals surface area contributed by atoms with Gasteiger partial charge in [-0.05, 0) is 37.3 Å². The van der Waals surface area contributed by atoms with Gasteiger partial charge < -0.3 is 4.98 Å². The Morgan fingerprint density at radius 1 is 1.27 bits per heavy atom. The van der Waals surface area contributed by atoms with Crippen LogP contribution in [-0.4, -0.2) is 15.0 Å². The maximum Gasteiger partial charge on any atom is 0.260 e. The molecular formula is C11H11N3O. The predicted octanol–water partition coefficient (Wildman–Crippen LogP) is 1.20. The minimum atomic E-state index is -0.0964. The Morgan fingerprint density at radius 3 is 3.07 bits per heavy atom. The van der Waals surface area contributed by atoms with Crippen LogP contribution in [-0.2, 0) is 12.8 Å². The lowest BCUT2D eigenvalue weighted by Gasteiger charge is -2.14. The Labute approximate surface area is 86.4 Å². The van der Waals surface area contributed by atoms with Gasteiger partial charge in [-0.3, -0.25) is 4.79 Å². The number of fused-ring (bicyclic) bond motifs is 2. The van der Waals surface area contributed by atoms with Gasteiger partial charge in [-0.25, -0.2) is 9.97 Å². The maximum absolute atomic E-state index is 11.5. The van der Waals surface area contributed by atoms with Crippen LogP contribution in [0.1, 0.15) is 24.1 Å². The molecule has 1 aliphatic carbocycles. The number of nitrogens with zero attached hydrogens (tertiary/aromatic N) is 2. The summed E-state index contributed by atoms with van der Waals surface area (Å²) in [6.45, 7) is 0. The second kappa shape index (κ2) is 3.15. The molecule has 2 aromatic rings. The topological polar surface area (TPSA) is 58.6 Å². The van der Waals surface area contributed by atoms with Crippen LogP contribution in [0.2, 0.25) is 0 Å². The van der Waals surface area contributed by atoms with Gasteiger partial charge in [-0.2, -0.15) is 0 Å². The second-order valence-corrected chi connectivity index (χ2v) is 3.90. The lowest BCUT2D eigenvalue weighted by atomic mass is 9.95. The van der Waals surface area contributed by atoms with Crippen molar-refractivity contribution in [2.45, 2.75) is 25.7 Å². The normalized spacial score (nSPS) is 15.2. The summed E-state index contributed by atoms with van der Waals surface area (Å²) in [5.74, 6) is 0. The number of aryl methyl sites for hydroxylation is 2. The molecule has 76 valence electrons. The largest absolute Gasteiger partial charge is 0.313 e. The predicted molar refractivity (Wildman–Crippen MR) is 56.8 cm³/mol. The van der Waals surface area contributed by atoms with Gasteiger partial charge in [0.2, 0.25) is 0 Å². The average molecular weight is 201 g/mol. The van der Waals surface area contributed by atoms with Crippen LogP contribution in [0.25, 0.3) is 11.0 Å². The molecule has 0 radical (unpaired) electrons. The molecule has 0 saturated heterocycles. The number of aromatic amines is 1. The summed E-state index contributed by atoms with van der Waals surface area (Å²) in [7, 11) is 0. The van der Waals surface area contributed by atoms with Gasteiger partial charge in [0, 0.05) is 5.69 Å². The fraction of sp³-hybridized carbons (Fsp3) is 0.364. The molecule has 2 aromatic heterocycles. The summed E-state index contributed by atoms with van der Waals surface area (Å²) in [6.07, 6.45) is 5.84. The lowest BCUT2D eigenvalue weighted by molar-refractivity contribution is 0.670. The third-order valence-corrected chi connectivity index (χ3v) is 2.91. The van der Waals surface area contributed by atoms with Crippen molar-refractivity contribution < 1.29 is 0 Å². The first-order valence-electron chi connectivity index (χ1n) is 5.21. The zero-order valence-corrected chi connectivity index (χ0v) is 8.29. The van der Waals surface area contributed by atoms with Crippen LogP contribution in [0.5, 0.6) is 0 Å². The molecule has 0 bridgehead atoms. The summed E-state index contributed by atoms with van der Waals surface area (Å²) in [5, 5.41) is 0.609. The molecule has 2 heterocycles. The van der Waals surface area contributed by atoms with Crippen LogP contribution >= 0.6 is 0 Å². The molecule has 0 aliphatic heterocycles. The molecule has 1 N–H and O–H groups in total. The highest BCUT2D eigenvalue weighted by Crippen LogP contribution is 2.21. The highest BCUT2D eigenvalue weighted by Gasteiger charge is 2.13. The van der Waals surface area contributed by atoms with Gasteiger partial charge in [0.15, 0.2) is 5.65 Å².